The van der Waals surface area contributed by atoms with Gasteiger partial charge in [-0.1, -0.05) is 18.2 Å². The second-order valence-corrected chi connectivity index (χ2v) is 12.0. The molecule has 0 amide bonds. The van der Waals surface area contributed by atoms with E-state index in [9.17, 15) is 14.3 Å². The molecule has 2 fully saturated rings. The molecule has 13 heteroatoms. The molecule has 0 radical (unpaired) electrons. The quantitative estimate of drug-likeness (QED) is 0.245. The monoisotopic (exact) mass is 625 g/mol. The van der Waals surface area contributed by atoms with Gasteiger partial charge in [0, 0.05) is 35.7 Å². The number of benzene rings is 2. The first-order valence-electron chi connectivity index (χ1n) is 15.1. The summed E-state index contributed by atoms with van der Waals surface area (Å²) in [6, 6.07) is 12.8. The van der Waals surface area contributed by atoms with Crippen LogP contribution in [0, 0.1) is 12.7 Å². The summed E-state index contributed by atoms with van der Waals surface area (Å²) >= 11 is 0. The molecule has 0 aliphatic carbocycles. The van der Waals surface area contributed by atoms with E-state index in [4.69, 9.17) is 9.15 Å². The van der Waals surface area contributed by atoms with Crippen LogP contribution < -0.4 is 15.7 Å². The number of ether oxygens (including phenoxy) is 1. The molecule has 8 rings (SSSR count). The third kappa shape index (κ3) is 4.61. The standard InChI is InChI=1S/C33H29F2N7O4/c1-18-28-27(31(44)46-29(18)22-13-21(43)12-19-6-4-7-23(35)26(19)22)30(36-15-25-40-39-24-8-2-3-11-42(24)25)38-32(37-28)45-17-33-9-5-10-41(33)16-20(34)14-33/h2-4,6-8,11-13,20,43H,5,9-10,14-17H2,1H3,(H,36,37,38)/t20?,33-/m0/s1. The number of hydrogen-bond donors (Lipinski definition) is 2. The highest BCUT2D eigenvalue weighted by Crippen LogP contribution is 2.41. The molecule has 0 bridgehead atoms. The zero-order valence-corrected chi connectivity index (χ0v) is 24.8. The van der Waals surface area contributed by atoms with Crippen LogP contribution in [0.4, 0.5) is 14.6 Å². The second-order valence-electron chi connectivity index (χ2n) is 12.0. The first-order valence-corrected chi connectivity index (χ1v) is 15.1. The molecule has 2 atom stereocenters. The Morgan fingerprint density at radius 2 is 2.04 bits per heavy atom. The Kier molecular flexibility index (Phi) is 6.60. The van der Waals surface area contributed by atoms with Gasteiger partial charge in [-0.2, -0.15) is 9.97 Å². The topological polar surface area (TPSA) is 131 Å². The molecule has 2 N–H and O–H groups in total. The smallest absolute Gasteiger partial charge is 0.349 e. The van der Waals surface area contributed by atoms with Crippen molar-refractivity contribution in [3.63, 3.8) is 0 Å². The van der Waals surface area contributed by atoms with Crippen LogP contribution in [0.1, 0.15) is 30.7 Å². The maximum Gasteiger partial charge on any atom is 0.349 e. The minimum atomic E-state index is -0.927. The number of nitrogens with one attached hydrogen (secondary N) is 1. The highest BCUT2D eigenvalue weighted by Gasteiger charge is 2.49. The Morgan fingerprint density at radius 3 is 2.93 bits per heavy atom. The van der Waals surface area contributed by atoms with E-state index in [1.165, 1.54) is 24.3 Å². The van der Waals surface area contributed by atoms with Crippen molar-refractivity contribution in [3.8, 4) is 23.1 Å². The first-order chi connectivity index (χ1) is 22.3. The maximum absolute atomic E-state index is 15.2. The maximum atomic E-state index is 15.2. The SMILES string of the molecule is Cc1c(-c2cc(O)cc3cccc(F)c23)oc(=O)c2c(NCc3nnc4ccccn34)nc(OC[C@@]34CCCN3CC(F)C4)nc12. The van der Waals surface area contributed by atoms with Crippen molar-refractivity contribution in [2.45, 2.75) is 44.4 Å². The number of pyridine rings is 1. The number of rotatable bonds is 7. The lowest BCUT2D eigenvalue weighted by Crippen LogP contribution is -2.43. The summed E-state index contributed by atoms with van der Waals surface area (Å²) in [6.07, 6.45) is 3.02. The summed E-state index contributed by atoms with van der Waals surface area (Å²) in [5.74, 6) is 0.128. The highest BCUT2D eigenvalue weighted by molar-refractivity contribution is 6.00. The summed E-state index contributed by atoms with van der Waals surface area (Å²) in [6.45, 7) is 3.22. The van der Waals surface area contributed by atoms with Crippen molar-refractivity contribution in [1.29, 1.82) is 0 Å². The number of aromatic hydroxyl groups is 1. The summed E-state index contributed by atoms with van der Waals surface area (Å²) in [5, 5.41) is 22.8. The number of alkyl halides is 1. The van der Waals surface area contributed by atoms with Crippen LogP contribution in [0.15, 0.2) is 63.9 Å². The van der Waals surface area contributed by atoms with Gasteiger partial charge in [-0.25, -0.2) is 13.6 Å². The lowest BCUT2D eigenvalue weighted by molar-refractivity contribution is 0.107. The number of anilines is 1. The fraction of sp³-hybridized carbons (Fsp3) is 0.303. The molecule has 11 nitrogen and oxygen atoms in total. The molecule has 46 heavy (non-hydrogen) atoms. The molecular weight excluding hydrogens is 596 g/mol. The van der Waals surface area contributed by atoms with Crippen molar-refractivity contribution in [2.24, 2.45) is 0 Å². The van der Waals surface area contributed by atoms with Gasteiger partial charge in [-0.15, -0.1) is 10.2 Å². The molecule has 2 aliphatic rings. The summed E-state index contributed by atoms with van der Waals surface area (Å²) < 4.78 is 43.5. The van der Waals surface area contributed by atoms with Crippen LogP contribution in [-0.2, 0) is 6.54 Å². The van der Waals surface area contributed by atoms with E-state index < -0.39 is 23.2 Å². The molecule has 0 spiro atoms. The van der Waals surface area contributed by atoms with Crippen molar-refractivity contribution in [1.82, 2.24) is 29.5 Å². The molecule has 2 aliphatic heterocycles. The largest absolute Gasteiger partial charge is 0.508 e. The number of nitrogens with zero attached hydrogens (tertiary/aromatic N) is 6. The second kappa shape index (κ2) is 10.7. The number of phenolic OH excluding ortho intramolecular Hbond substituents is 1. The predicted molar refractivity (Wildman–Crippen MR) is 166 cm³/mol. The number of fused-ring (bicyclic) bond motifs is 4. The van der Waals surface area contributed by atoms with E-state index in [0.717, 1.165) is 19.4 Å². The number of hydrogen-bond acceptors (Lipinski definition) is 10. The fourth-order valence-corrected chi connectivity index (χ4v) is 7.05. The van der Waals surface area contributed by atoms with Crippen LogP contribution >= 0.6 is 0 Å². The van der Waals surface area contributed by atoms with Gasteiger partial charge in [0.25, 0.3) is 0 Å². The molecule has 4 aromatic heterocycles. The Hall–Kier alpha value is -5.17. The van der Waals surface area contributed by atoms with E-state index in [1.54, 1.807) is 13.0 Å². The van der Waals surface area contributed by atoms with Gasteiger partial charge in [-0.3, -0.25) is 9.30 Å². The number of aromatic nitrogens is 5. The molecule has 2 saturated heterocycles. The lowest BCUT2D eigenvalue weighted by atomic mass is 9.95. The molecule has 234 valence electrons. The van der Waals surface area contributed by atoms with Crippen LogP contribution in [-0.4, -0.2) is 66.0 Å². The third-order valence-electron chi connectivity index (χ3n) is 9.17. The Balaban J connectivity index is 1.26. The molecule has 1 unspecified atom stereocenters. The molecule has 6 aromatic rings. The number of phenols is 1. The van der Waals surface area contributed by atoms with Gasteiger partial charge in [0.05, 0.1) is 17.6 Å². The van der Waals surface area contributed by atoms with E-state index in [2.05, 4.69) is 30.4 Å². The molecule has 0 saturated carbocycles. The zero-order chi connectivity index (χ0) is 31.6. The average molecular weight is 626 g/mol. The Bertz CT molecular complexity index is 2220. The van der Waals surface area contributed by atoms with Crippen molar-refractivity contribution in [3.05, 3.63) is 82.4 Å². The Labute approximate surface area is 260 Å². The molecule has 6 heterocycles. The predicted octanol–water partition coefficient (Wildman–Crippen LogP) is 5.17. The summed E-state index contributed by atoms with van der Waals surface area (Å²) in [7, 11) is 0. The minimum absolute atomic E-state index is 0.00349. The highest BCUT2D eigenvalue weighted by atomic mass is 19.1. The fourth-order valence-electron chi connectivity index (χ4n) is 7.05. The first kappa shape index (κ1) is 28.3. The van der Waals surface area contributed by atoms with E-state index in [-0.39, 0.29) is 58.3 Å². The van der Waals surface area contributed by atoms with Gasteiger partial charge in [0.1, 0.15) is 41.3 Å². The third-order valence-corrected chi connectivity index (χ3v) is 9.17. The van der Waals surface area contributed by atoms with Gasteiger partial charge in [0.15, 0.2) is 11.5 Å². The zero-order valence-electron chi connectivity index (χ0n) is 24.8. The average Bonchev–Trinajstić information content (AvgIpc) is 3.72. The molecule has 2 aromatic carbocycles. The number of halogens is 2. The van der Waals surface area contributed by atoms with E-state index in [1.807, 2.05) is 28.8 Å². The van der Waals surface area contributed by atoms with Crippen molar-refractivity contribution >= 4 is 33.1 Å². The van der Waals surface area contributed by atoms with E-state index in [0.29, 0.717) is 35.4 Å². The van der Waals surface area contributed by atoms with Gasteiger partial charge < -0.3 is 19.6 Å². The van der Waals surface area contributed by atoms with Gasteiger partial charge in [0.2, 0.25) is 0 Å². The number of aryl methyl sites for hydroxylation is 1. The van der Waals surface area contributed by atoms with Crippen LogP contribution in [0.5, 0.6) is 11.8 Å². The van der Waals surface area contributed by atoms with E-state index >= 15 is 4.39 Å². The van der Waals surface area contributed by atoms with Crippen molar-refractivity contribution < 1.29 is 23.0 Å². The van der Waals surface area contributed by atoms with Crippen LogP contribution in [0.2, 0.25) is 0 Å². The van der Waals surface area contributed by atoms with Crippen molar-refractivity contribution in [2.75, 3.05) is 25.0 Å². The van der Waals surface area contributed by atoms with Crippen LogP contribution in [0.25, 0.3) is 38.6 Å². The van der Waals surface area contributed by atoms with Gasteiger partial charge >= 0.3 is 11.6 Å². The Morgan fingerprint density at radius 1 is 1.15 bits per heavy atom. The summed E-state index contributed by atoms with van der Waals surface area (Å²) in [5.41, 5.74) is 0.298. The normalized spacial score (nSPS) is 19.8. The van der Waals surface area contributed by atoms with Gasteiger partial charge in [-0.05, 0) is 62.0 Å². The molecular formula is C33H29F2N7O4. The summed E-state index contributed by atoms with van der Waals surface area (Å²) in [4.78, 5) is 25.1. The minimum Gasteiger partial charge on any atom is -0.508 e. The van der Waals surface area contributed by atoms with Crippen LogP contribution in [0.3, 0.4) is 0 Å². The lowest BCUT2D eigenvalue weighted by Gasteiger charge is -2.30.